The van der Waals surface area contributed by atoms with Crippen molar-refractivity contribution in [2.45, 2.75) is 33.4 Å². The van der Waals surface area contributed by atoms with Gasteiger partial charge in [-0.2, -0.15) is 0 Å². The van der Waals surface area contributed by atoms with E-state index in [2.05, 4.69) is 34.8 Å². The molecule has 0 saturated heterocycles. The first-order valence-corrected chi connectivity index (χ1v) is 9.01. The van der Waals surface area contributed by atoms with Crippen LogP contribution in [0.3, 0.4) is 0 Å². The first-order valence-electron chi connectivity index (χ1n) is 8.13. The fourth-order valence-corrected chi connectivity index (χ4v) is 4.00. The van der Waals surface area contributed by atoms with E-state index in [0.29, 0.717) is 5.82 Å². The first-order chi connectivity index (χ1) is 11.6. The number of hydrogen-bond acceptors (Lipinski definition) is 4. The highest BCUT2D eigenvalue weighted by Gasteiger charge is 2.22. The van der Waals surface area contributed by atoms with E-state index >= 15 is 0 Å². The maximum absolute atomic E-state index is 12.4. The van der Waals surface area contributed by atoms with Crippen LogP contribution in [0.4, 0.5) is 0 Å². The lowest BCUT2D eigenvalue weighted by atomic mass is 10.1. The minimum absolute atomic E-state index is 0.00921. The minimum Gasteiger partial charge on any atom is -0.361 e. The monoisotopic (exact) mass is 340 g/mol. The Kier molecular flexibility index (Phi) is 3.86. The number of nitrogens with one attached hydrogen (secondary N) is 2. The molecule has 1 aliphatic rings. The van der Waals surface area contributed by atoms with Crippen molar-refractivity contribution in [2.24, 2.45) is 0 Å². The van der Waals surface area contributed by atoms with Crippen molar-refractivity contribution in [1.29, 1.82) is 0 Å². The highest BCUT2D eigenvalue weighted by atomic mass is 32.1. The molecule has 5 nitrogen and oxygen atoms in total. The molecule has 4 heterocycles. The van der Waals surface area contributed by atoms with Gasteiger partial charge in [0.05, 0.1) is 10.6 Å². The molecule has 3 aromatic rings. The molecular weight excluding hydrogens is 320 g/mol. The van der Waals surface area contributed by atoms with E-state index in [1.807, 2.05) is 17.5 Å². The minimum atomic E-state index is 0.00921. The highest BCUT2D eigenvalue weighted by molar-refractivity contribution is 7.13. The third-order valence-corrected chi connectivity index (χ3v) is 5.42. The smallest absolute Gasteiger partial charge is 0.254 e. The van der Waals surface area contributed by atoms with Crippen molar-refractivity contribution < 1.29 is 0 Å². The summed E-state index contributed by atoms with van der Waals surface area (Å²) in [6, 6.07) is 6.13. The molecule has 4 rings (SSSR count). The molecule has 24 heavy (non-hydrogen) atoms. The SMILES string of the molecule is Cc1cc(C)c(CN2CCc3c(nc(-c4cccs4)[nH]c3=O)C2)[nH]1. The number of aryl methyl sites for hydroxylation is 2. The van der Waals surface area contributed by atoms with Gasteiger partial charge in [-0.25, -0.2) is 4.98 Å². The van der Waals surface area contributed by atoms with Crippen LogP contribution in [-0.4, -0.2) is 26.4 Å². The van der Waals surface area contributed by atoms with Gasteiger partial charge in [-0.05, 0) is 43.3 Å². The van der Waals surface area contributed by atoms with Crippen LogP contribution in [0.15, 0.2) is 28.4 Å². The van der Waals surface area contributed by atoms with Crippen molar-refractivity contribution in [2.75, 3.05) is 6.54 Å². The van der Waals surface area contributed by atoms with Gasteiger partial charge in [0.15, 0.2) is 5.82 Å². The maximum atomic E-state index is 12.4. The maximum Gasteiger partial charge on any atom is 0.254 e. The third kappa shape index (κ3) is 2.83. The molecule has 6 heteroatoms. The standard InChI is InChI=1S/C18H20N4OS/c1-11-8-12(2)19-14(11)9-22-6-5-13-15(10-22)20-17(21-18(13)23)16-4-3-7-24-16/h3-4,7-8,19H,5-6,9-10H2,1-2H3,(H,20,21,23). The molecule has 0 spiro atoms. The Hall–Kier alpha value is -2.18. The van der Waals surface area contributed by atoms with Crippen LogP contribution in [0.1, 0.15) is 28.2 Å². The van der Waals surface area contributed by atoms with Crippen molar-refractivity contribution in [3.8, 4) is 10.7 Å². The van der Waals surface area contributed by atoms with E-state index in [9.17, 15) is 4.79 Å². The summed E-state index contributed by atoms with van der Waals surface area (Å²) in [5.74, 6) is 0.683. The number of aromatic amines is 2. The number of hydrogen-bond donors (Lipinski definition) is 2. The summed E-state index contributed by atoms with van der Waals surface area (Å²) in [5, 5.41) is 2.00. The topological polar surface area (TPSA) is 64.8 Å². The van der Waals surface area contributed by atoms with Gasteiger partial charge in [0.25, 0.3) is 5.56 Å². The number of fused-ring (bicyclic) bond motifs is 1. The van der Waals surface area contributed by atoms with Crippen LogP contribution >= 0.6 is 11.3 Å². The molecule has 0 fully saturated rings. The molecule has 0 aliphatic carbocycles. The summed E-state index contributed by atoms with van der Waals surface area (Å²) in [7, 11) is 0. The normalized spacial score (nSPS) is 14.8. The van der Waals surface area contributed by atoms with Crippen LogP contribution in [0.25, 0.3) is 10.7 Å². The molecule has 124 valence electrons. The molecule has 0 bridgehead atoms. The Morgan fingerprint density at radius 3 is 2.92 bits per heavy atom. The van der Waals surface area contributed by atoms with Crippen LogP contribution < -0.4 is 5.56 Å². The largest absolute Gasteiger partial charge is 0.361 e. The fraction of sp³-hybridized carbons (Fsp3) is 0.333. The van der Waals surface area contributed by atoms with Crippen LogP contribution in [0, 0.1) is 13.8 Å². The molecule has 0 unspecified atom stereocenters. The second-order valence-corrected chi connectivity index (χ2v) is 7.34. The van der Waals surface area contributed by atoms with Gasteiger partial charge in [0.1, 0.15) is 0 Å². The van der Waals surface area contributed by atoms with E-state index in [1.165, 1.54) is 17.0 Å². The molecule has 0 amide bonds. The highest BCUT2D eigenvalue weighted by Crippen LogP contribution is 2.23. The van der Waals surface area contributed by atoms with Gasteiger partial charge < -0.3 is 9.97 Å². The molecule has 0 radical (unpaired) electrons. The van der Waals surface area contributed by atoms with E-state index in [4.69, 9.17) is 4.98 Å². The zero-order chi connectivity index (χ0) is 16.7. The summed E-state index contributed by atoms with van der Waals surface area (Å²) in [4.78, 5) is 26.8. The van der Waals surface area contributed by atoms with Crippen molar-refractivity contribution >= 4 is 11.3 Å². The number of nitrogens with zero attached hydrogens (tertiary/aromatic N) is 2. The molecule has 0 aromatic carbocycles. The van der Waals surface area contributed by atoms with Crippen molar-refractivity contribution in [1.82, 2.24) is 19.9 Å². The third-order valence-electron chi connectivity index (χ3n) is 4.55. The van der Waals surface area contributed by atoms with Crippen LogP contribution in [-0.2, 0) is 19.5 Å². The number of thiophene rings is 1. The molecular formula is C18H20N4OS. The summed E-state index contributed by atoms with van der Waals surface area (Å²) in [6.07, 6.45) is 0.751. The average Bonchev–Trinajstić information content (AvgIpc) is 3.17. The predicted octanol–water partition coefficient (Wildman–Crippen LogP) is 3.00. The second kappa shape index (κ2) is 6.03. The molecule has 1 aliphatic heterocycles. The van der Waals surface area contributed by atoms with Gasteiger partial charge in [0.2, 0.25) is 0 Å². The fourth-order valence-electron chi connectivity index (χ4n) is 3.33. The van der Waals surface area contributed by atoms with E-state index in [0.717, 1.165) is 42.2 Å². The van der Waals surface area contributed by atoms with Crippen LogP contribution in [0.2, 0.25) is 0 Å². The molecule has 3 aromatic heterocycles. The Morgan fingerprint density at radius 1 is 1.33 bits per heavy atom. The summed E-state index contributed by atoms with van der Waals surface area (Å²) in [5.41, 5.74) is 5.49. The Bertz CT molecular complexity index is 923. The quantitative estimate of drug-likeness (QED) is 0.770. The lowest BCUT2D eigenvalue weighted by Gasteiger charge is -2.27. The van der Waals surface area contributed by atoms with E-state index in [-0.39, 0.29) is 5.56 Å². The zero-order valence-electron chi connectivity index (χ0n) is 13.8. The number of H-pyrrole nitrogens is 2. The molecule has 0 atom stereocenters. The Balaban J connectivity index is 1.62. The van der Waals surface area contributed by atoms with Crippen molar-refractivity contribution in [3.63, 3.8) is 0 Å². The second-order valence-electron chi connectivity index (χ2n) is 6.39. The lowest BCUT2D eigenvalue weighted by Crippen LogP contribution is -2.35. The van der Waals surface area contributed by atoms with Gasteiger partial charge in [0, 0.05) is 36.6 Å². The number of aromatic nitrogens is 3. The Morgan fingerprint density at radius 2 is 2.21 bits per heavy atom. The summed E-state index contributed by atoms with van der Waals surface area (Å²) < 4.78 is 0. The summed E-state index contributed by atoms with van der Waals surface area (Å²) >= 11 is 1.59. The predicted molar refractivity (Wildman–Crippen MR) is 96.3 cm³/mol. The molecule has 2 N–H and O–H groups in total. The van der Waals surface area contributed by atoms with Crippen molar-refractivity contribution in [3.05, 3.63) is 62.1 Å². The van der Waals surface area contributed by atoms with E-state index < -0.39 is 0 Å². The van der Waals surface area contributed by atoms with Crippen LogP contribution in [0.5, 0.6) is 0 Å². The van der Waals surface area contributed by atoms with Gasteiger partial charge >= 0.3 is 0 Å². The average molecular weight is 340 g/mol. The van der Waals surface area contributed by atoms with E-state index in [1.54, 1.807) is 11.3 Å². The molecule has 0 saturated carbocycles. The summed E-state index contributed by atoms with van der Waals surface area (Å²) in [6.45, 7) is 6.68. The lowest BCUT2D eigenvalue weighted by molar-refractivity contribution is 0.237. The van der Waals surface area contributed by atoms with Gasteiger partial charge in [-0.3, -0.25) is 9.69 Å². The van der Waals surface area contributed by atoms with Gasteiger partial charge in [-0.1, -0.05) is 6.07 Å². The number of rotatable bonds is 3. The Labute approximate surface area is 144 Å². The first kappa shape index (κ1) is 15.4. The van der Waals surface area contributed by atoms with Gasteiger partial charge in [-0.15, -0.1) is 11.3 Å². The zero-order valence-corrected chi connectivity index (χ0v) is 14.7.